The Bertz CT molecular complexity index is 251. The minimum atomic E-state index is -1.61. The summed E-state index contributed by atoms with van der Waals surface area (Å²) in [5.74, 6) is -3.02. The Hall–Kier alpha value is -1.66. The van der Waals surface area contributed by atoms with Crippen LogP contribution in [0.25, 0.3) is 0 Å². The molecule has 0 bridgehead atoms. The molecule has 0 aliphatic rings. The number of alkyl halides is 1. The van der Waals surface area contributed by atoms with Crippen LogP contribution < -0.4 is 5.32 Å². The molecule has 0 aliphatic heterocycles. The van der Waals surface area contributed by atoms with Gasteiger partial charge in [-0.25, -0.2) is 14.0 Å². The van der Waals surface area contributed by atoms with Gasteiger partial charge in [0.05, 0.1) is 13.2 Å². The summed E-state index contributed by atoms with van der Waals surface area (Å²) in [6.07, 6.45) is 0. The van der Waals surface area contributed by atoms with Gasteiger partial charge in [0, 0.05) is 0 Å². The van der Waals surface area contributed by atoms with Gasteiger partial charge in [-0.3, -0.25) is 4.79 Å². The third kappa shape index (κ3) is 4.72. The molecule has 0 atom stereocenters. The summed E-state index contributed by atoms with van der Waals surface area (Å²) in [5, 5.41) is 1.87. The van der Waals surface area contributed by atoms with Crippen molar-refractivity contribution in [2.24, 2.45) is 0 Å². The second kappa shape index (κ2) is 7.61. The van der Waals surface area contributed by atoms with Gasteiger partial charge in [0.15, 0.2) is 6.67 Å². The Balaban J connectivity index is 4.55. The predicted molar refractivity (Wildman–Crippen MR) is 51.2 cm³/mol. The highest BCUT2D eigenvalue weighted by Gasteiger charge is 2.30. The van der Waals surface area contributed by atoms with Crippen molar-refractivity contribution >= 4 is 17.8 Å². The lowest BCUT2D eigenvalue weighted by molar-refractivity contribution is -0.159. The second-order valence-corrected chi connectivity index (χ2v) is 2.64. The molecule has 16 heavy (non-hydrogen) atoms. The first-order chi connectivity index (χ1) is 7.56. The average molecular weight is 235 g/mol. The summed E-state index contributed by atoms with van der Waals surface area (Å²) in [6, 6.07) is -1.61. The zero-order valence-corrected chi connectivity index (χ0v) is 9.12. The van der Waals surface area contributed by atoms with Gasteiger partial charge in [-0.15, -0.1) is 0 Å². The van der Waals surface area contributed by atoms with Crippen molar-refractivity contribution in [3.8, 4) is 0 Å². The molecular formula is C9H14FNO5. The Morgan fingerprint density at radius 2 is 1.56 bits per heavy atom. The minimum absolute atomic E-state index is 0.0419. The van der Waals surface area contributed by atoms with Crippen LogP contribution in [-0.2, 0) is 23.9 Å². The van der Waals surface area contributed by atoms with E-state index in [1.54, 1.807) is 0 Å². The molecule has 0 aliphatic carbocycles. The summed E-state index contributed by atoms with van der Waals surface area (Å²) >= 11 is 0. The highest BCUT2D eigenvalue weighted by Crippen LogP contribution is 1.94. The molecule has 0 radical (unpaired) electrons. The maximum Gasteiger partial charge on any atom is 0.340 e. The molecule has 6 nitrogen and oxygen atoms in total. The standard InChI is InChI=1S/C9H14FNO5/c1-3-15-8(13)7(9(14)16-4-2)11-6(12)5-10/h7H,3-5H2,1-2H3,(H,11,12). The summed E-state index contributed by atoms with van der Waals surface area (Å²) in [5.41, 5.74) is 0. The van der Waals surface area contributed by atoms with E-state index < -0.39 is 30.6 Å². The number of carbonyl (C=O) groups is 3. The van der Waals surface area contributed by atoms with Gasteiger partial charge in [0.2, 0.25) is 6.04 Å². The normalized spacial score (nSPS) is 9.75. The van der Waals surface area contributed by atoms with Crippen molar-refractivity contribution in [2.75, 3.05) is 19.9 Å². The van der Waals surface area contributed by atoms with Gasteiger partial charge in [-0.1, -0.05) is 0 Å². The molecule has 0 saturated carbocycles. The third-order valence-electron chi connectivity index (χ3n) is 1.47. The smallest absolute Gasteiger partial charge is 0.340 e. The lowest BCUT2D eigenvalue weighted by Gasteiger charge is -2.14. The molecule has 0 aromatic rings. The molecule has 0 aromatic carbocycles. The molecular weight excluding hydrogens is 221 g/mol. The van der Waals surface area contributed by atoms with E-state index in [1.165, 1.54) is 13.8 Å². The number of halogens is 1. The van der Waals surface area contributed by atoms with Crippen LogP contribution in [0.15, 0.2) is 0 Å². The van der Waals surface area contributed by atoms with Crippen LogP contribution in [0, 0.1) is 0 Å². The van der Waals surface area contributed by atoms with Crippen LogP contribution >= 0.6 is 0 Å². The molecule has 0 aromatic heterocycles. The summed E-state index contributed by atoms with van der Waals surface area (Å²) in [7, 11) is 0. The molecule has 0 fully saturated rings. The maximum atomic E-state index is 11.9. The Kier molecular flexibility index (Phi) is 6.82. The molecule has 0 spiro atoms. The third-order valence-corrected chi connectivity index (χ3v) is 1.47. The molecule has 0 rings (SSSR count). The lowest BCUT2D eigenvalue weighted by Crippen LogP contribution is -2.48. The largest absolute Gasteiger partial charge is 0.464 e. The van der Waals surface area contributed by atoms with Gasteiger partial charge >= 0.3 is 11.9 Å². The van der Waals surface area contributed by atoms with Crippen molar-refractivity contribution in [2.45, 2.75) is 19.9 Å². The number of hydrogen-bond acceptors (Lipinski definition) is 5. The van der Waals surface area contributed by atoms with Crippen LogP contribution in [0.3, 0.4) is 0 Å². The number of carbonyl (C=O) groups excluding carboxylic acids is 3. The van der Waals surface area contributed by atoms with E-state index in [2.05, 4.69) is 9.47 Å². The monoisotopic (exact) mass is 235 g/mol. The van der Waals surface area contributed by atoms with E-state index in [9.17, 15) is 18.8 Å². The van der Waals surface area contributed by atoms with E-state index in [0.717, 1.165) is 0 Å². The first-order valence-electron chi connectivity index (χ1n) is 4.75. The van der Waals surface area contributed by atoms with Crippen molar-refractivity contribution in [3.05, 3.63) is 0 Å². The molecule has 0 saturated heterocycles. The summed E-state index contributed by atoms with van der Waals surface area (Å²) in [6.45, 7) is 1.84. The van der Waals surface area contributed by atoms with Crippen molar-refractivity contribution in [1.82, 2.24) is 5.32 Å². The molecule has 1 amide bonds. The fourth-order valence-electron chi connectivity index (χ4n) is 0.865. The topological polar surface area (TPSA) is 81.7 Å². The van der Waals surface area contributed by atoms with E-state index in [-0.39, 0.29) is 13.2 Å². The Morgan fingerprint density at radius 1 is 1.12 bits per heavy atom. The van der Waals surface area contributed by atoms with E-state index in [1.807, 2.05) is 5.32 Å². The predicted octanol–water partition coefficient (Wildman–Crippen LogP) is -0.433. The fourth-order valence-corrected chi connectivity index (χ4v) is 0.865. The van der Waals surface area contributed by atoms with Gasteiger partial charge < -0.3 is 14.8 Å². The van der Waals surface area contributed by atoms with E-state index >= 15 is 0 Å². The Labute approximate surface area is 92.1 Å². The van der Waals surface area contributed by atoms with Gasteiger partial charge in [0.1, 0.15) is 0 Å². The number of rotatable bonds is 6. The fraction of sp³-hybridized carbons (Fsp3) is 0.667. The molecule has 92 valence electrons. The van der Waals surface area contributed by atoms with Crippen molar-refractivity contribution in [1.29, 1.82) is 0 Å². The van der Waals surface area contributed by atoms with Crippen molar-refractivity contribution < 1.29 is 28.2 Å². The van der Waals surface area contributed by atoms with E-state index in [4.69, 9.17) is 0 Å². The minimum Gasteiger partial charge on any atom is -0.464 e. The SMILES string of the molecule is CCOC(=O)C(NC(=O)CF)C(=O)OCC. The molecule has 0 heterocycles. The van der Waals surface area contributed by atoms with Crippen LogP contribution in [0.2, 0.25) is 0 Å². The lowest BCUT2D eigenvalue weighted by atomic mass is 10.3. The zero-order chi connectivity index (χ0) is 12.6. The number of amides is 1. The number of hydrogen-bond donors (Lipinski definition) is 1. The maximum absolute atomic E-state index is 11.9. The van der Waals surface area contributed by atoms with Gasteiger partial charge in [0.25, 0.3) is 5.91 Å². The van der Waals surface area contributed by atoms with Gasteiger partial charge in [-0.05, 0) is 13.8 Å². The average Bonchev–Trinajstić information content (AvgIpc) is 2.25. The van der Waals surface area contributed by atoms with E-state index in [0.29, 0.717) is 0 Å². The van der Waals surface area contributed by atoms with Gasteiger partial charge in [-0.2, -0.15) is 0 Å². The number of esters is 2. The molecule has 7 heteroatoms. The van der Waals surface area contributed by atoms with Crippen LogP contribution in [0.4, 0.5) is 4.39 Å². The second-order valence-electron chi connectivity index (χ2n) is 2.64. The van der Waals surface area contributed by atoms with Crippen LogP contribution in [-0.4, -0.2) is 43.8 Å². The first-order valence-corrected chi connectivity index (χ1v) is 4.75. The summed E-state index contributed by atoms with van der Waals surface area (Å²) in [4.78, 5) is 33.2. The van der Waals surface area contributed by atoms with Crippen molar-refractivity contribution in [3.63, 3.8) is 0 Å². The highest BCUT2D eigenvalue weighted by atomic mass is 19.1. The zero-order valence-electron chi connectivity index (χ0n) is 9.12. The molecule has 1 N–H and O–H groups in total. The quantitative estimate of drug-likeness (QED) is 0.499. The number of ether oxygens (including phenoxy) is 2. The first kappa shape index (κ1) is 14.3. The summed E-state index contributed by atoms with van der Waals surface area (Å²) < 4.78 is 21.0. The van der Waals surface area contributed by atoms with Crippen LogP contribution in [0.1, 0.15) is 13.8 Å². The van der Waals surface area contributed by atoms with Crippen LogP contribution in [0.5, 0.6) is 0 Å². The molecule has 0 unspecified atom stereocenters. The highest BCUT2D eigenvalue weighted by molar-refractivity contribution is 6.02. The Morgan fingerprint density at radius 3 is 1.88 bits per heavy atom. The number of nitrogens with one attached hydrogen (secondary N) is 1.